The average Bonchev–Trinajstić information content (AvgIpc) is 2.32. The van der Waals surface area contributed by atoms with E-state index in [9.17, 15) is 9.59 Å². The number of carbonyl (C=O) groups excluding carboxylic acids is 2. The molecule has 0 fully saturated rings. The lowest BCUT2D eigenvalue weighted by molar-refractivity contribution is -0.131. The third-order valence-electron chi connectivity index (χ3n) is 3.20. The molecular formula is C16H24N2O2. The number of hydrogen-bond donors (Lipinski definition) is 2. The lowest BCUT2D eigenvalue weighted by atomic mass is 9.95. The summed E-state index contributed by atoms with van der Waals surface area (Å²) in [5.41, 5.74) is 2.54. The molecule has 0 unspecified atom stereocenters. The first-order chi connectivity index (χ1) is 9.11. The molecule has 1 aromatic rings. The van der Waals surface area contributed by atoms with Gasteiger partial charge in [-0.3, -0.25) is 9.59 Å². The molecule has 0 aliphatic rings. The van der Waals surface area contributed by atoms with Crippen LogP contribution in [0.5, 0.6) is 0 Å². The van der Waals surface area contributed by atoms with Crippen LogP contribution in [0.3, 0.4) is 0 Å². The molecule has 4 nitrogen and oxygen atoms in total. The van der Waals surface area contributed by atoms with E-state index < -0.39 is 11.5 Å². The summed E-state index contributed by atoms with van der Waals surface area (Å²) in [5.74, 6) is -0.355. The van der Waals surface area contributed by atoms with E-state index in [1.807, 2.05) is 52.8 Å². The molecule has 1 aromatic carbocycles. The van der Waals surface area contributed by atoms with E-state index in [0.717, 1.165) is 11.3 Å². The highest BCUT2D eigenvalue weighted by molar-refractivity contribution is 5.97. The van der Waals surface area contributed by atoms with Gasteiger partial charge in [0, 0.05) is 11.1 Å². The van der Waals surface area contributed by atoms with Crippen molar-refractivity contribution in [2.45, 2.75) is 47.6 Å². The lowest BCUT2D eigenvalue weighted by Gasteiger charge is -2.21. The van der Waals surface area contributed by atoms with E-state index in [2.05, 4.69) is 10.6 Å². The van der Waals surface area contributed by atoms with Gasteiger partial charge in [-0.15, -0.1) is 0 Å². The van der Waals surface area contributed by atoms with Gasteiger partial charge in [-0.05, 0) is 44.0 Å². The molecule has 110 valence electrons. The zero-order valence-electron chi connectivity index (χ0n) is 13.1. The van der Waals surface area contributed by atoms with Gasteiger partial charge in [0.25, 0.3) is 0 Å². The van der Waals surface area contributed by atoms with Crippen LogP contribution in [0.15, 0.2) is 18.2 Å². The Hall–Kier alpha value is -1.84. The van der Waals surface area contributed by atoms with Crippen molar-refractivity contribution in [3.05, 3.63) is 29.3 Å². The topological polar surface area (TPSA) is 58.2 Å². The molecule has 2 N–H and O–H groups in total. The summed E-state index contributed by atoms with van der Waals surface area (Å²) in [6.07, 6.45) is 0. The molecule has 0 aromatic heterocycles. The van der Waals surface area contributed by atoms with E-state index >= 15 is 0 Å². The number of rotatable bonds is 3. The molecule has 0 aliphatic carbocycles. The third-order valence-corrected chi connectivity index (χ3v) is 3.20. The van der Waals surface area contributed by atoms with Crippen molar-refractivity contribution in [2.75, 3.05) is 5.32 Å². The lowest BCUT2D eigenvalue weighted by Crippen LogP contribution is -2.46. The van der Waals surface area contributed by atoms with Gasteiger partial charge in [0.05, 0.1) is 0 Å². The van der Waals surface area contributed by atoms with Crippen molar-refractivity contribution in [1.29, 1.82) is 0 Å². The number of aryl methyl sites for hydroxylation is 2. The third kappa shape index (κ3) is 4.37. The van der Waals surface area contributed by atoms with Crippen LogP contribution < -0.4 is 10.6 Å². The first kappa shape index (κ1) is 16.2. The molecule has 2 amide bonds. The van der Waals surface area contributed by atoms with E-state index in [0.29, 0.717) is 0 Å². The van der Waals surface area contributed by atoms with Crippen LogP contribution >= 0.6 is 0 Å². The summed E-state index contributed by atoms with van der Waals surface area (Å²) in [4.78, 5) is 23.9. The Bertz CT molecular complexity index is 516. The fraction of sp³-hybridized carbons (Fsp3) is 0.500. The van der Waals surface area contributed by atoms with Crippen LogP contribution in [0.4, 0.5) is 5.69 Å². The normalized spacial score (nSPS) is 12.7. The monoisotopic (exact) mass is 276 g/mol. The second-order valence-corrected chi connectivity index (χ2v) is 6.23. The largest absolute Gasteiger partial charge is 0.344 e. The fourth-order valence-corrected chi connectivity index (χ4v) is 1.55. The summed E-state index contributed by atoms with van der Waals surface area (Å²) in [5, 5.41) is 5.53. The molecule has 1 atom stereocenters. The van der Waals surface area contributed by atoms with Crippen LogP contribution in [0.2, 0.25) is 0 Å². The second-order valence-electron chi connectivity index (χ2n) is 6.23. The summed E-state index contributed by atoms with van der Waals surface area (Å²) >= 11 is 0. The van der Waals surface area contributed by atoms with Crippen LogP contribution in [0.25, 0.3) is 0 Å². The fourth-order valence-electron chi connectivity index (χ4n) is 1.55. The average molecular weight is 276 g/mol. The predicted octanol–water partition coefficient (Wildman–Crippen LogP) is 2.79. The molecule has 0 aliphatic heterocycles. The maximum Gasteiger partial charge on any atom is 0.246 e. The van der Waals surface area contributed by atoms with Gasteiger partial charge in [0.1, 0.15) is 6.04 Å². The van der Waals surface area contributed by atoms with Gasteiger partial charge >= 0.3 is 0 Å². The summed E-state index contributed by atoms with van der Waals surface area (Å²) in [6.45, 7) is 11.1. The molecule has 0 spiro atoms. The molecular weight excluding hydrogens is 252 g/mol. The van der Waals surface area contributed by atoms with Crippen LogP contribution in [-0.2, 0) is 9.59 Å². The molecule has 0 bridgehead atoms. The number of hydrogen-bond acceptors (Lipinski definition) is 2. The van der Waals surface area contributed by atoms with Crippen molar-refractivity contribution in [1.82, 2.24) is 5.32 Å². The smallest absolute Gasteiger partial charge is 0.246 e. The minimum absolute atomic E-state index is 0.139. The van der Waals surface area contributed by atoms with Crippen molar-refractivity contribution in [3.63, 3.8) is 0 Å². The highest BCUT2D eigenvalue weighted by Gasteiger charge is 2.25. The summed E-state index contributed by atoms with van der Waals surface area (Å²) in [7, 11) is 0. The highest BCUT2D eigenvalue weighted by Crippen LogP contribution is 2.15. The Morgan fingerprint density at radius 2 is 1.70 bits per heavy atom. The molecule has 4 heteroatoms. The molecule has 0 saturated carbocycles. The van der Waals surface area contributed by atoms with Crippen molar-refractivity contribution in [3.8, 4) is 0 Å². The maximum atomic E-state index is 12.0. The molecule has 20 heavy (non-hydrogen) atoms. The van der Waals surface area contributed by atoms with E-state index in [4.69, 9.17) is 0 Å². The number of carbonyl (C=O) groups is 2. The minimum Gasteiger partial charge on any atom is -0.344 e. The van der Waals surface area contributed by atoms with Gasteiger partial charge in [-0.1, -0.05) is 26.8 Å². The number of amides is 2. The van der Waals surface area contributed by atoms with Gasteiger partial charge in [-0.25, -0.2) is 0 Å². The molecule has 1 rings (SSSR count). The van der Waals surface area contributed by atoms with Crippen molar-refractivity contribution < 1.29 is 9.59 Å². The molecule has 0 heterocycles. The van der Waals surface area contributed by atoms with Gasteiger partial charge in [0.2, 0.25) is 11.8 Å². The van der Waals surface area contributed by atoms with Crippen molar-refractivity contribution in [2.24, 2.45) is 5.41 Å². The Morgan fingerprint density at radius 1 is 1.10 bits per heavy atom. The number of nitrogens with one attached hydrogen (secondary N) is 2. The summed E-state index contributed by atoms with van der Waals surface area (Å²) in [6, 6.07) is 5.18. The Morgan fingerprint density at radius 3 is 2.20 bits per heavy atom. The second kappa shape index (κ2) is 6.07. The highest BCUT2D eigenvalue weighted by atomic mass is 16.2. The molecule has 0 saturated heterocycles. The van der Waals surface area contributed by atoms with E-state index in [-0.39, 0.29) is 11.8 Å². The maximum absolute atomic E-state index is 12.0. The number of benzene rings is 1. The SMILES string of the molecule is Cc1ccc(NC(=O)[C@@H](C)NC(=O)C(C)(C)C)cc1C. The van der Waals surface area contributed by atoms with E-state index in [1.54, 1.807) is 6.92 Å². The van der Waals surface area contributed by atoms with Crippen molar-refractivity contribution >= 4 is 17.5 Å². The van der Waals surface area contributed by atoms with Gasteiger partial charge < -0.3 is 10.6 Å². The zero-order chi connectivity index (χ0) is 15.5. The Kier molecular flexibility index (Phi) is 4.93. The summed E-state index contributed by atoms with van der Waals surface area (Å²) < 4.78 is 0. The minimum atomic E-state index is -0.566. The van der Waals surface area contributed by atoms with Gasteiger partial charge in [0.15, 0.2) is 0 Å². The predicted molar refractivity (Wildman–Crippen MR) is 81.6 cm³/mol. The standard InChI is InChI=1S/C16H24N2O2/c1-10-7-8-13(9-11(10)2)18-14(19)12(3)17-15(20)16(4,5)6/h7-9,12H,1-6H3,(H,17,20)(H,18,19)/t12-/m1/s1. The number of anilines is 1. The quantitative estimate of drug-likeness (QED) is 0.892. The Balaban J connectivity index is 2.66. The Labute approximate surface area is 121 Å². The zero-order valence-corrected chi connectivity index (χ0v) is 13.1. The van der Waals surface area contributed by atoms with Gasteiger partial charge in [-0.2, -0.15) is 0 Å². The van der Waals surface area contributed by atoms with Crippen LogP contribution in [0, 0.1) is 19.3 Å². The first-order valence-electron chi connectivity index (χ1n) is 6.80. The van der Waals surface area contributed by atoms with Crippen LogP contribution in [-0.4, -0.2) is 17.9 Å². The van der Waals surface area contributed by atoms with Crippen LogP contribution in [0.1, 0.15) is 38.8 Å². The van der Waals surface area contributed by atoms with E-state index in [1.165, 1.54) is 5.56 Å². The first-order valence-corrected chi connectivity index (χ1v) is 6.80. The molecule has 0 radical (unpaired) electrons.